The molecule has 1 saturated heterocycles. The number of hydrogen-bond acceptors (Lipinski definition) is 5. The van der Waals surface area contributed by atoms with Gasteiger partial charge in [0.1, 0.15) is 0 Å². The number of sulfonamides is 1. The Morgan fingerprint density at radius 3 is 2.52 bits per heavy atom. The van der Waals surface area contributed by atoms with Crippen LogP contribution in [0.3, 0.4) is 0 Å². The SMILES string of the molecule is CCC(C)NS(=O)(=O)c1ccc2c(c1)CCN2C(=O)CCC(=O)N1CCOCC1. The maximum atomic E-state index is 12.7. The summed E-state index contributed by atoms with van der Waals surface area (Å²) in [5.41, 5.74) is 1.57. The lowest BCUT2D eigenvalue weighted by Crippen LogP contribution is -2.41. The average Bonchev–Trinajstić information content (AvgIpc) is 3.15. The highest BCUT2D eigenvalue weighted by Crippen LogP contribution is 2.31. The first-order chi connectivity index (χ1) is 13.8. The van der Waals surface area contributed by atoms with Gasteiger partial charge in [0.15, 0.2) is 0 Å². The molecule has 2 heterocycles. The van der Waals surface area contributed by atoms with E-state index in [0.29, 0.717) is 45.7 Å². The number of benzene rings is 1. The molecule has 0 saturated carbocycles. The van der Waals surface area contributed by atoms with E-state index in [4.69, 9.17) is 4.74 Å². The monoisotopic (exact) mass is 423 g/mol. The molecule has 1 atom stereocenters. The van der Waals surface area contributed by atoms with E-state index in [-0.39, 0.29) is 35.6 Å². The number of nitrogens with one attached hydrogen (secondary N) is 1. The molecule has 0 bridgehead atoms. The van der Waals surface area contributed by atoms with Crippen LogP contribution in [-0.2, 0) is 30.8 Å². The molecule has 29 heavy (non-hydrogen) atoms. The van der Waals surface area contributed by atoms with Crippen LogP contribution in [0.25, 0.3) is 0 Å². The third-order valence-corrected chi connectivity index (χ3v) is 7.03. The van der Waals surface area contributed by atoms with Gasteiger partial charge in [-0.3, -0.25) is 9.59 Å². The molecule has 1 N–H and O–H groups in total. The lowest BCUT2D eigenvalue weighted by Gasteiger charge is -2.27. The molecule has 0 radical (unpaired) electrons. The number of carbonyl (C=O) groups is 2. The third kappa shape index (κ3) is 5.15. The smallest absolute Gasteiger partial charge is 0.240 e. The van der Waals surface area contributed by atoms with Crippen molar-refractivity contribution in [3.05, 3.63) is 23.8 Å². The Balaban J connectivity index is 1.63. The van der Waals surface area contributed by atoms with Crippen LogP contribution >= 0.6 is 0 Å². The van der Waals surface area contributed by atoms with E-state index in [0.717, 1.165) is 11.3 Å². The summed E-state index contributed by atoms with van der Waals surface area (Å²) in [7, 11) is -3.58. The van der Waals surface area contributed by atoms with E-state index in [1.54, 1.807) is 21.9 Å². The summed E-state index contributed by atoms with van der Waals surface area (Å²) >= 11 is 0. The van der Waals surface area contributed by atoms with Crippen LogP contribution in [0.1, 0.15) is 38.7 Å². The van der Waals surface area contributed by atoms with Gasteiger partial charge in [0.25, 0.3) is 0 Å². The van der Waals surface area contributed by atoms with Crippen molar-refractivity contribution < 1.29 is 22.7 Å². The molecule has 1 aromatic rings. The fourth-order valence-electron chi connectivity index (χ4n) is 3.54. The molecule has 0 aliphatic carbocycles. The van der Waals surface area contributed by atoms with Crippen molar-refractivity contribution in [2.75, 3.05) is 37.7 Å². The van der Waals surface area contributed by atoms with Gasteiger partial charge in [-0.2, -0.15) is 0 Å². The van der Waals surface area contributed by atoms with Crippen LogP contribution in [-0.4, -0.2) is 64.0 Å². The Bertz CT molecular complexity index is 865. The summed E-state index contributed by atoms with van der Waals surface area (Å²) in [6.07, 6.45) is 1.63. The highest BCUT2D eigenvalue weighted by molar-refractivity contribution is 7.89. The Morgan fingerprint density at radius 1 is 1.14 bits per heavy atom. The van der Waals surface area contributed by atoms with Gasteiger partial charge >= 0.3 is 0 Å². The Labute approximate surface area is 172 Å². The summed E-state index contributed by atoms with van der Waals surface area (Å²) in [4.78, 5) is 28.5. The number of hydrogen-bond donors (Lipinski definition) is 1. The zero-order valence-electron chi connectivity index (χ0n) is 17.0. The first-order valence-electron chi connectivity index (χ1n) is 10.1. The highest BCUT2D eigenvalue weighted by atomic mass is 32.2. The van der Waals surface area contributed by atoms with E-state index in [9.17, 15) is 18.0 Å². The Morgan fingerprint density at radius 2 is 1.83 bits per heavy atom. The van der Waals surface area contributed by atoms with Crippen molar-refractivity contribution in [3.8, 4) is 0 Å². The number of anilines is 1. The topological polar surface area (TPSA) is 96.0 Å². The van der Waals surface area contributed by atoms with Crippen LogP contribution < -0.4 is 9.62 Å². The predicted molar refractivity (Wildman–Crippen MR) is 109 cm³/mol. The average molecular weight is 424 g/mol. The number of carbonyl (C=O) groups excluding carboxylic acids is 2. The summed E-state index contributed by atoms with van der Waals surface area (Å²) < 4.78 is 32.9. The van der Waals surface area contributed by atoms with Gasteiger partial charge in [-0.1, -0.05) is 6.92 Å². The highest BCUT2D eigenvalue weighted by Gasteiger charge is 2.28. The first kappa shape index (κ1) is 21.7. The molecule has 2 aliphatic heterocycles. The maximum Gasteiger partial charge on any atom is 0.240 e. The molecule has 3 rings (SSSR count). The second-order valence-electron chi connectivity index (χ2n) is 7.51. The zero-order chi connectivity index (χ0) is 21.0. The predicted octanol–water partition coefficient (Wildman–Crippen LogP) is 1.29. The van der Waals surface area contributed by atoms with Gasteiger partial charge in [-0.05, 0) is 43.5 Å². The van der Waals surface area contributed by atoms with Crippen molar-refractivity contribution in [2.45, 2.75) is 50.5 Å². The number of morpholine rings is 1. The number of nitrogens with zero attached hydrogens (tertiary/aromatic N) is 2. The van der Waals surface area contributed by atoms with Crippen LogP contribution in [0.15, 0.2) is 23.1 Å². The minimum absolute atomic E-state index is 0.0290. The molecular formula is C20H29N3O5S. The van der Waals surface area contributed by atoms with Gasteiger partial charge in [-0.25, -0.2) is 13.1 Å². The molecule has 1 fully saturated rings. The molecule has 160 valence electrons. The molecule has 9 heteroatoms. The number of rotatable bonds is 7. The Kier molecular flexibility index (Phi) is 6.92. The lowest BCUT2D eigenvalue weighted by atomic mass is 10.2. The largest absolute Gasteiger partial charge is 0.378 e. The molecular weight excluding hydrogens is 394 g/mol. The minimum atomic E-state index is -3.58. The quantitative estimate of drug-likeness (QED) is 0.713. The van der Waals surface area contributed by atoms with E-state index < -0.39 is 10.0 Å². The maximum absolute atomic E-state index is 12.7. The lowest BCUT2D eigenvalue weighted by molar-refractivity contribution is -0.136. The summed E-state index contributed by atoms with van der Waals surface area (Å²) in [6, 6.07) is 4.73. The normalized spacial score (nSPS) is 17.9. The second-order valence-corrected chi connectivity index (χ2v) is 9.22. The molecule has 2 amide bonds. The van der Waals surface area contributed by atoms with Crippen molar-refractivity contribution in [1.82, 2.24) is 9.62 Å². The molecule has 0 aromatic heterocycles. The van der Waals surface area contributed by atoms with Crippen molar-refractivity contribution in [3.63, 3.8) is 0 Å². The Hall–Kier alpha value is -1.97. The fraction of sp³-hybridized carbons (Fsp3) is 0.600. The molecule has 0 spiro atoms. The van der Waals surface area contributed by atoms with Crippen LogP contribution in [0.4, 0.5) is 5.69 Å². The van der Waals surface area contributed by atoms with Gasteiger partial charge in [-0.15, -0.1) is 0 Å². The molecule has 2 aliphatic rings. The summed E-state index contributed by atoms with van der Waals surface area (Å²) in [6.45, 7) is 6.46. The van der Waals surface area contributed by atoms with E-state index in [2.05, 4.69) is 4.72 Å². The fourth-order valence-corrected chi connectivity index (χ4v) is 4.92. The number of ether oxygens (including phenoxy) is 1. The van der Waals surface area contributed by atoms with Crippen molar-refractivity contribution in [2.24, 2.45) is 0 Å². The number of amides is 2. The summed E-state index contributed by atoms with van der Waals surface area (Å²) in [5, 5.41) is 0. The minimum Gasteiger partial charge on any atom is -0.378 e. The standard InChI is InChI=1S/C20H29N3O5S/c1-3-15(2)21-29(26,27)17-4-5-18-16(14-17)8-9-23(18)20(25)7-6-19(24)22-10-12-28-13-11-22/h4-5,14-15,21H,3,6-13H2,1-2H3. The summed E-state index contributed by atoms with van der Waals surface area (Å²) in [5.74, 6) is -0.141. The van der Waals surface area contributed by atoms with Gasteiger partial charge in [0.2, 0.25) is 21.8 Å². The van der Waals surface area contributed by atoms with Crippen molar-refractivity contribution >= 4 is 27.5 Å². The van der Waals surface area contributed by atoms with E-state index in [1.807, 2.05) is 13.8 Å². The molecule has 8 nitrogen and oxygen atoms in total. The third-order valence-electron chi connectivity index (χ3n) is 5.44. The number of fused-ring (bicyclic) bond motifs is 1. The van der Waals surface area contributed by atoms with Crippen LogP contribution in [0, 0.1) is 0 Å². The van der Waals surface area contributed by atoms with E-state index >= 15 is 0 Å². The molecule has 1 aromatic carbocycles. The molecule has 1 unspecified atom stereocenters. The first-order valence-corrected chi connectivity index (χ1v) is 11.6. The van der Waals surface area contributed by atoms with Gasteiger partial charge in [0, 0.05) is 44.2 Å². The van der Waals surface area contributed by atoms with E-state index in [1.165, 1.54) is 6.07 Å². The second kappa shape index (κ2) is 9.23. The van der Waals surface area contributed by atoms with Crippen molar-refractivity contribution in [1.29, 1.82) is 0 Å². The van der Waals surface area contributed by atoms with Crippen LogP contribution in [0.2, 0.25) is 0 Å². The zero-order valence-corrected chi connectivity index (χ0v) is 17.8. The van der Waals surface area contributed by atoms with Gasteiger partial charge < -0.3 is 14.5 Å². The van der Waals surface area contributed by atoms with Gasteiger partial charge in [0.05, 0.1) is 18.1 Å². The van der Waals surface area contributed by atoms with Crippen LogP contribution in [0.5, 0.6) is 0 Å².